The van der Waals surface area contributed by atoms with Crippen molar-refractivity contribution in [2.75, 3.05) is 6.61 Å². The highest BCUT2D eigenvalue weighted by molar-refractivity contribution is 5.69. The molecule has 0 radical (unpaired) electrons. The smallest absolute Gasteiger partial charge is 0.305 e. The van der Waals surface area contributed by atoms with E-state index in [2.05, 4.69) is 26.0 Å². The standard InChI is InChI=1S/C42H82O2/c1-3-5-7-9-11-13-15-17-19-20-21-22-23-24-25-27-29-31-33-35-37-39-41-44-42(43)40-38-36-34-32-30-28-26-18-16-14-12-10-8-6-4-2/h14,16H,3-13,15,17-41H2,1-2H3/b16-14+. The molecule has 0 heterocycles. The molecule has 0 fully saturated rings. The molecule has 262 valence electrons. The molecular weight excluding hydrogens is 536 g/mol. The number of hydrogen-bond donors (Lipinski definition) is 0. The normalized spacial score (nSPS) is 11.6. The molecule has 0 aromatic rings. The molecule has 2 nitrogen and oxygen atoms in total. The van der Waals surface area contributed by atoms with Crippen LogP contribution < -0.4 is 0 Å². The largest absolute Gasteiger partial charge is 0.466 e. The molecular formula is C42H82O2. The number of carbonyl (C=O) groups excluding carboxylic acids is 1. The molecule has 0 aromatic heterocycles. The lowest BCUT2D eigenvalue weighted by Gasteiger charge is -2.06. The topological polar surface area (TPSA) is 26.3 Å². The highest BCUT2D eigenvalue weighted by atomic mass is 16.5. The average molecular weight is 619 g/mol. The highest BCUT2D eigenvalue weighted by Gasteiger charge is 2.03. The van der Waals surface area contributed by atoms with E-state index in [1.807, 2.05) is 0 Å². The van der Waals surface area contributed by atoms with Gasteiger partial charge < -0.3 is 4.74 Å². The van der Waals surface area contributed by atoms with E-state index in [4.69, 9.17) is 4.74 Å². The van der Waals surface area contributed by atoms with E-state index < -0.39 is 0 Å². The lowest BCUT2D eigenvalue weighted by Crippen LogP contribution is -2.05. The summed E-state index contributed by atoms with van der Waals surface area (Å²) in [5.41, 5.74) is 0. The molecule has 2 heteroatoms. The maximum absolute atomic E-state index is 12.0. The van der Waals surface area contributed by atoms with Crippen molar-refractivity contribution in [1.82, 2.24) is 0 Å². The fourth-order valence-electron chi connectivity index (χ4n) is 6.31. The molecule has 0 aliphatic rings. The summed E-state index contributed by atoms with van der Waals surface area (Å²) in [7, 11) is 0. The van der Waals surface area contributed by atoms with Crippen LogP contribution in [0.5, 0.6) is 0 Å². The van der Waals surface area contributed by atoms with E-state index in [1.54, 1.807) is 0 Å². The fourth-order valence-corrected chi connectivity index (χ4v) is 6.31. The Balaban J connectivity index is 3.16. The van der Waals surface area contributed by atoms with E-state index in [0.717, 1.165) is 12.8 Å². The van der Waals surface area contributed by atoms with Crippen molar-refractivity contribution in [3.05, 3.63) is 12.2 Å². The minimum atomic E-state index is 0.0231. The highest BCUT2D eigenvalue weighted by Crippen LogP contribution is 2.16. The Morgan fingerprint density at radius 2 is 0.636 bits per heavy atom. The zero-order valence-electron chi connectivity index (χ0n) is 30.6. The molecule has 0 amide bonds. The molecule has 0 saturated heterocycles. The second-order valence-corrected chi connectivity index (χ2v) is 14.0. The molecule has 0 aliphatic carbocycles. The monoisotopic (exact) mass is 619 g/mol. The Kier molecular flexibility index (Phi) is 39.5. The van der Waals surface area contributed by atoms with Crippen LogP contribution in [0, 0.1) is 0 Å². The van der Waals surface area contributed by atoms with Gasteiger partial charge in [0.15, 0.2) is 0 Å². The molecule has 0 unspecified atom stereocenters. The summed E-state index contributed by atoms with van der Waals surface area (Å²) in [5, 5.41) is 0. The number of allylic oxidation sites excluding steroid dienone is 2. The van der Waals surface area contributed by atoms with Crippen LogP contribution in [0.15, 0.2) is 12.2 Å². The zero-order valence-corrected chi connectivity index (χ0v) is 30.6. The molecule has 0 saturated carbocycles. The van der Waals surface area contributed by atoms with Crippen LogP contribution in [0.1, 0.15) is 245 Å². The Morgan fingerprint density at radius 1 is 0.364 bits per heavy atom. The summed E-state index contributed by atoms with van der Waals surface area (Å²) >= 11 is 0. The van der Waals surface area contributed by atoms with Gasteiger partial charge in [0.1, 0.15) is 0 Å². The van der Waals surface area contributed by atoms with Gasteiger partial charge >= 0.3 is 5.97 Å². The first-order chi connectivity index (χ1) is 21.8. The van der Waals surface area contributed by atoms with Gasteiger partial charge in [-0.3, -0.25) is 4.79 Å². The third-order valence-electron chi connectivity index (χ3n) is 9.40. The Hall–Kier alpha value is -0.790. The van der Waals surface area contributed by atoms with E-state index in [0.29, 0.717) is 13.0 Å². The summed E-state index contributed by atoms with van der Waals surface area (Å²) in [4.78, 5) is 12.0. The number of unbranched alkanes of at least 4 members (excludes halogenated alkanes) is 32. The summed E-state index contributed by atoms with van der Waals surface area (Å²) < 4.78 is 5.46. The molecule has 0 bridgehead atoms. The van der Waals surface area contributed by atoms with Crippen LogP contribution in [0.3, 0.4) is 0 Å². The molecule has 0 aliphatic heterocycles. The van der Waals surface area contributed by atoms with Gasteiger partial charge in [0.2, 0.25) is 0 Å². The molecule has 0 spiro atoms. The first-order valence-corrected chi connectivity index (χ1v) is 20.6. The van der Waals surface area contributed by atoms with E-state index >= 15 is 0 Å². The predicted molar refractivity (Wildman–Crippen MR) is 198 cm³/mol. The third-order valence-corrected chi connectivity index (χ3v) is 9.40. The summed E-state index contributed by atoms with van der Waals surface area (Å²) in [6, 6.07) is 0. The maximum Gasteiger partial charge on any atom is 0.305 e. The van der Waals surface area contributed by atoms with Crippen molar-refractivity contribution < 1.29 is 9.53 Å². The van der Waals surface area contributed by atoms with Crippen LogP contribution in [0.2, 0.25) is 0 Å². The second kappa shape index (κ2) is 40.2. The number of rotatable bonds is 38. The van der Waals surface area contributed by atoms with Crippen molar-refractivity contribution in [1.29, 1.82) is 0 Å². The van der Waals surface area contributed by atoms with Crippen molar-refractivity contribution in [3.63, 3.8) is 0 Å². The van der Waals surface area contributed by atoms with Crippen molar-refractivity contribution >= 4 is 5.97 Å². The van der Waals surface area contributed by atoms with E-state index in [9.17, 15) is 4.79 Å². The quantitative estimate of drug-likeness (QED) is 0.0391. The van der Waals surface area contributed by atoms with Crippen molar-refractivity contribution in [2.45, 2.75) is 245 Å². The second-order valence-electron chi connectivity index (χ2n) is 14.0. The molecule has 44 heavy (non-hydrogen) atoms. The fraction of sp³-hybridized carbons (Fsp3) is 0.929. The van der Waals surface area contributed by atoms with Gasteiger partial charge in [-0.2, -0.15) is 0 Å². The predicted octanol–water partition coefficient (Wildman–Crippen LogP) is 15.2. The Labute approximate surface area is 278 Å². The van der Waals surface area contributed by atoms with Crippen LogP contribution in [-0.2, 0) is 9.53 Å². The van der Waals surface area contributed by atoms with Crippen LogP contribution in [0.25, 0.3) is 0 Å². The van der Waals surface area contributed by atoms with Gasteiger partial charge in [0.25, 0.3) is 0 Å². The SMILES string of the molecule is CCCCCC/C=C/CCCCCCCCCC(=O)OCCCCCCCCCCCCCCCCCCCCCCCC. The summed E-state index contributed by atoms with van der Waals surface area (Å²) in [5.74, 6) is 0.0231. The van der Waals surface area contributed by atoms with Gasteiger partial charge in [-0.05, 0) is 38.5 Å². The lowest BCUT2D eigenvalue weighted by atomic mass is 10.0. The minimum Gasteiger partial charge on any atom is -0.466 e. The number of hydrogen-bond acceptors (Lipinski definition) is 2. The van der Waals surface area contributed by atoms with Gasteiger partial charge in [0.05, 0.1) is 6.61 Å². The van der Waals surface area contributed by atoms with Crippen LogP contribution in [0.4, 0.5) is 0 Å². The molecule has 0 N–H and O–H groups in total. The first-order valence-electron chi connectivity index (χ1n) is 20.6. The van der Waals surface area contributed by atoms with Gasteiger partial charge in [-0.15, -0.1) is 0 Å². The maximum atomic E-state index is 12.0. The van der Waals surface area contributed by atoms with Crippen molar-refractivity contribution in [2.24, 2.45) is 0 Å². The third kappa shape index (κ3) is 39.2. The van der Waals surface area contributed by atoms with E-state index in [1.165, 1.54) is 212 Å². The minimum absolute atomic E-state index is 0.0231. The molecule has 0 rings (SSSR count). The van der Waals surface area contributed by atoms with Crippen molar-refractivity contribution in [3.8, 4) is 0 Å². The van der Waals surface area contributed by atoms with E-state index in [-0.39, 0.29) is 5.97 Å². The number of carbonyl (C=O) groups is 1. The lowest BCUT2D eigenvalue weighted by molar-refractivity contribution is -0.143. The average Bonchev–Trinajstić information content (AvgIpc) is 3.03. The first kappa shape index (κ1) is 43.2. The number of ether oxygens (including phenoxy) is 1. The van der Waals surface area contributed by atoms with Crippen LogP contribution in [-0.4, -0.2) is 12.6 Å². The van der Waals surface area contributed by atoms with Gasteiger partial charge in [-0.1, -0.05) is 212 Å². The Bertz CT molecular complexity index is 554. The zero-order chi connectivity index (χ0) is 31.9. The Morgan fingerprint density at radius 3 is 1.00 bits per heavy atom. The molecule has 0 aromatic carbocycles. The summed E-state index contributed by atoms with van der Waals surface area (Å²) in [6.07, 6.45) is 53.0. The summed E-state index contributed by atoms with van der Waals surface area (Å²) in [6.45, 7) is 5.20. The number of esters is 1. The van der Waals surface area contributed by atoms with Crippen LogP contribution >= 0.6 is 0 Å². The van der Waals surface area contributed by atoms with Gasteiger partial charge in [-0.25, -0.2) is 0 Å². The van der Waals surface area contributed by atoms with Gasteiger partial charge in [0, 0.05) is 6.42 Å². The molecule has 0 atom stereocenters.